The molecule has 0 aliphatic rings. The number of nitrogens with one attached hydrogen (secondary N) is 2. The topological polar surface area (TPSA) is 61.9 Å². The Bertz CT molecular complexity index is 559. The van der Waals surface area contributed by atoms with Crippen LogP contribution in [0.4, 0.5) is 4.39 Å². The summed E-state index contributed by atoms with van der Waals surface area (Å²) in [6, 6.07) is 6.38. The molecule has 0 aliphatic carbocycles. The largest absolute Gasteiger partial charge is 0.431 e. The molecule has 0 aliphatic heterocycles. The molecule has 0 radical (unpaired) electrons. The molecule has 1 heterocycles. The molecular weight excluding hydrogens is 237 g/mol. The molecule has 18 heavy (non-hydrogen) atoms. The van der Waals surface area contributed by atoms with E-state index in [2.05, 4.69) is 15.1 Å². The van der Waals surface area contributed by atoms with E-state index < -0.39 is 0 Å². The maximum Gasteiger partial charge on any atom is 0.431 e. The monoisotopic (exact) mass is 252 g/mol. The van der Waals surface area contributed by atoms with Gasteiger partial charge in [-0.1, -0.05) is 16.8 Å². The van der Waals surface area contributed by atoms with Crippen LogP contribution in [-0.2, 0) is 20.0 Å². The van der Waals surface area contributed by atoms with E-state index in [1.165, 1.54) is 16.8 Å². The van der Waals surface area contributed by atoms with Crippen molar-refractivity contribution < 1.29 is 13.6 Å². The van der Waals surface area contributed by atoms with E-state index in [0.717, 1.165) is 12.0 Å². The Labute approximate surface area is 103 Å². The third-order valence-electron chi connectivity index (χ3n) is 2.71. The van der Waals surface area contributed by atoms with Gasteiger partial charge in [-0.05, 0) is 35.9 Å². The number of benzene rings is 1. The van der Waals surface area contributed by atoms with Gasteiger partial charge in [-0.3, -0.25) is 4.52 Å². The Kier molecular flexibility index (Phi) is 3.88. The fraction of sp³-hybridized carbons (Fsp3) is 0.333. The predicted molar refractivity (Wildman–Crippen MR) is 62.3 cm³/mol. The van der Waals surface area contributed by atoms with Gasteiger partial charge in [-0.15, -0.1) is 0 Å². The van der Waals surface area contributed by atoms with Crippen LogP contribution in [-0.4, -0.2) is 11.8 Å². The standard InChI is InChI=1S/C12H14FN3O2/c1-16-11(12(17)18-15-16)8-14-7-6-9-2-4-10(13)5-3-9/h2-5,14H,6-8H2,1H3/p+1. The summed E-state index contributed by atoms with van der Waals surface area (Å²) >= 11 is 0. The Hall–Kier alpha value is -1.95. The molecule has 5 nitrogen and oxygen atoms in total. The van der Waals surface area contributed by atoms with Gasteiger partial charge in [-0.25, -0.2) is 9.18 Å². The highest BCUT2D eigenvalue weighted by Gasteiger charge is 2.15. The lowest BCUT2D eigenvalue weighted by Gasteiger charge is -2.01. The molecule has 2 N–H and O–H groups in total. The Morgan fingerprint density at radius 2 is 2.11 bits per heavy atom. The van der Waals surface area contributed by atoms with Crippen LogP contribution < -0.4 is 15.6 Å². The van der Waals surface area contributed by atoms with E-state index in [0.29, 0.717) is 18.8 Å². The number of aryl methyl sites for hydroxylation is 1. The van der Waals surface area contributed by atoms with Crippen molar-refractivity contribution in [1.82, 2.24) is 10.6 Å². The van der Waals surface area contributed by atoms with Gasteiger partial charge in [0.15, 0.2) is 7.05 Å². The fourth-order valence-corrected chi connectivity index (χ4v) is 1.64. The summed E-state index contributed by atoms with van der Waals surface area (Å²) in [5.41, 5.74) is 1.22. The van der Waals surface area contributed by atoms with Crippen LogP contribution in [0, 0.1) is 5.82 Å². The first kappa shape index (κ1) is 12.5. The van der Waals surface area contributed by atoms with Crippen LogP contribution in [0.3, 0.4) is 0 Å². The second-order valence-corrected chi connectivity index (χ2v) is 4.04. The third-order valence-corrected chi connectivity index (χ3v) is 2.71. The number of H-pyrrole nitrogens is 1. The summed E-state index contributed by atoms with van der Waals surface area (Å²) in [6.45, 7) is 1.14. The first-order valence-electron chi connectivity index (χ1n) is 5.68. The molecule has 0 spiro atoms. The molecule has 0 atom stereocenters. The third kappa shape index (κ3) is 3.04. The zero-order valence-corrected chi connectivity index (χ0v) is 10.1. The van der Waals surface area contributed by atoms with Gasteiger partial charge in [0.25, 0.3) is 0 Å². The highest BCUT2D eigenvalue weighted by atomic mass is 19.1. The summed E-state index contributed by atoms with van der Waals surface area (Å²) in [4.78, 5) is 11.2. The molecule has 0 fully saturated rings. The second kappa shape index (κ2) is 5.59. The Morgan fingerprint density at radius 1 is 1.39 bits per heavy atom. The normalized spacial score (nSPS) is 10.8. The zero-order chi connectivity index (χ0) is 13.0. The molecule has 2 aromatic rings. The van der Waals surface area contributed by atoms with Gasteiger partial charge in [0.1, 0.15) is 5.82 Å². The van der Waals surface area contributed by atoms with Crippen LogP contribution in [0.1, 0.15) is 11.3 Å². The van der Waals surface area contributed by atoms with Crippen molar-refractivity contribution in [2.45, 2.75) is 13.0 Å². The molecule has 96 valence electrons. The van der Waals surface area contributed by atoms with Crippen LogP contribution in [0.2, 0.25) is 0 Å². The van der Waals surface area contributed by atoms with Gasteiger partial charge in [0, 0.05) is 0 Å². The Balaban J connectivity index is 1.80. The van der Waals surface area contributed by atoms with Crippen LogP contribution >= 0.6 is 0 Å². The average molecular weight is 252 g/mol. The molecule has 0 saturated carbocycles. The lowest BCUT2D eigenvalue weighted by Crippen LogP contribution is -2.39. The van der Waals surface area contributed by atoms with Gasteiger partial charge >= 0.3 is 11.3 Å². The van der Waals surface area contributed by atoms with Crippen molar-refractivity contribution in [3.05, 3.63) is 51.8 Å². The molecule has 1 aromatic heterocycles. The van der Waals surface area contributed by atoms with E-state index in [1.54, 1.807) is 19.2 Å². The van der Waals surface area contributed by atoms with Gasteiger partial charge in [-0.2, -0.15) is 0 Å². The lowest BCUT2D eigenvalue weighted by atomic mass is 10.1. The molecule has 1 aromatic carbocycles. The molecule has 0 bridgehead atoms. The van der Waals surface area contributed by atoms with E-state index in [9.17, 15) is 9.18 Å². The summed E-state index contributed by atoms with van der Waals surface area (Å²) in [5.74, 6) is -0.233. The maximum atomic E-state index is 12.7. The van der Waals surface area contributed by atoms with Gasteiger partial charge in [0.05, 0.1) is 6.54 Å². The van der Waals surface area contributed by atoms with Crippen LogP contribution in [0.15, 0.2) is 33.6 Å². The summed E-state index contributed by atoms with van der Waals surface area (Å²) in [7, 11) is 1.71. The number of halogens is 1. The minimum atomic E-state index is -0.369. The minimum Gasteiger partial charge on any atom is -0.307 e. The number of aromatic nitrogens is 2. The molecule has 0 unspecified atom stereocenters. The molecule has 2 rings (SSSR count). The highest BCUT2D eigenvalue weighted by Crippen LogP contribution is 2.02. The van der Waals surface area contributed by atoms with E-state index in [-0.39, 0.29) is 11.4 Å². The zero-order valence-electron chi connectivity index (χ0n) is 10.1. The van der Waals surface area contributed by atoms with Crippen molar-refractivity contribution in [2.24, 2.45) is 7.05 Å². The summed E-state index contributed by atoms with van der Waals surface area (Å²) in [5, 5.41) is 5.59. The van der Waals surface area contributed by atoms with Crippen molar-refractivity contribution in [3.8, 4) is 0 Å². The summed E-state index contributed by atoms with van der Waals surface area (Å²) < 4.78 is 18.8. The van der Waals surface area contributed by atoms with Crippen molar-refractivity contribution >= 4 is 0 Å². The molecule has 0 saturated heterocycles. The number of hydrogen-bond donors (Lipinski definition) is 2. The van der Waals surface area contributed by atoms with E-state index in [1.807, 2.05) is 0 Å². The van der Waals surface area contributed by atoms with Gasteiger partial charge < -0.3 is 5.32 Å². The lowest BCUT2D eigenvalue weighted by molar-refractivity contribution is -0.746. The van der Waals surface area contributed by atoms with Gasteiger partial charge in [0.2, 0.25) is 0 Å². The number of aromatic amines is 1. The molecular formula is C12H15FN3O2+. The maximum absolute atomic E-state index is 12.7. The van der Waals surface area contributed by atoms with Crippen molar-refractivity contribution in [2.75, 3.05) is 6.54 Å². The molecule has 0 amide bonds. The van der Waals surface area contributed by atoms with E-state index >= 15 is 0 Å². The van der Waals surface area contributed by atoms with Crippen molar-refractivity contribution in [3.63, 3.8) is 0 Å². The number of rotatable bonds is 5. The SMILES string of the molecule is C[n+]1[nH]oc(=O)c1CNCCc1ccc(F)cc1. The van der Waals surface area contributed by atoms with Crippen LogP contribution in [0.5, 0.6) is 0 Å². The number of nitrogens with zero attached hydrogens (tertiary/aromatic N) is 1. The van der Waals surface area contributed by atoms with E-state index in [4.69, 9.17) is 0 Å². The van der Waals surface area contributed by atoms with Crippen LogP contribution in [0.25, 0.3) is 0 Å². The number of hydrogen-bond acceptors (Lipinski definition) is 3. The predicted octanol–water partition coefficient (Wildman–Crippen LogP) is 0.264. The smallest absolute Gasteiger partial charge is 0.307 e. The van der Waals surface area contributed by atoms with Crippen molar-refractivity contribution in [1.29, 1.82) is 0 Å². The molecule has 6 heteroatoms. The average Bonchev–Trinajstić information content (AvgIpc) is 2.68. The quantitative estimate of drug-likeness (QED) is 0.593. The minimum absolute atomic E-state index is 0.233. The summed E-state index contributed by atoms with van der Waals surface area (Å²) in [6.07, 6.45) is 0.778. The first-order chi connectivity index (χ1) is 8.66. The second-order valence-electron chi connectivity index (χ2n) is 4.04. The fourth-order valence-electron chi connectivity index (χ4n) is 1.64. The first-order valence-corrected chi connectivity index (χ1v) is 5.68. The Morgan fingerprint density at radius 3 is 2.72 bits per heavy atom. The highest BCUT2D eigenvalue weighted by molar-refractivity contribution is 5.16.